The van der Waals surface area contributed by atoms with Crippen LogP contribution in [0.15, 0.2) is 0 Å². The molecule has 0 heterocycles. The van der Waals surface area contributed by atoms with Crippen molar-refractivity contribution in [3.63, 3.8) is 0 Å². The highest BCUT2D eigenvalue weighted by atomic mass is 15.6. The van der Waals surface area contributed by atoms with Crippen LogP contribution in [-0.4, -0.2) is 23.2 Å². The van der Waals surface area contributed by atoms with Crippen LogP contribution in [0, 0.1) is 0 Å². The van der Waals surface area contributed by atoms with Gasteiger partial charge in [-0.2, -0.15) is 5.84 Å². The van der Waals surface area contributed by atoms with Gasteiger partial charge in [-0.15, -0.1) is 0 Å². The first-order valence-corrected chi connectivity index (χ1v) is 4.61. The molecule has 0 amide bonds. The summed E-state index contributed by atoms with van der Waals surface area (Å²) < 4.78 is 0.705. The predicted octanol–water partition coefficient (Wildman–Crippen LogP) is 1.90. The van der Waals surface area contributed by atoms with E-state index in [1.165, 1.54) is 0 Å². The molecule has 0 rings (SSSR count). The fraction of sp³-hybridized carbons (Fsp3) is 1.00. The summed E-state index contributed by atoms with van der Waals surface area (Å²) in [6, 6.07) is 1.05. The highest BCUT2D eigenvalue weighted by Crippen LogP contribution is 2.12. The summed E-state index contributed by atoms with van der Waals surface area (Å²) in [6.45, 7) is 12.0. The molecule has 2 heteroatoms. The fourth-order valence-corrected chi connectivity index (χ4v) is 1.50. The molecule has 0 aromatic carbocycles. The van der Waals surface area contributed by atoms with Crippen molar-refractivity contribution in [3.05, 3.63) is 0 Å². The standard InChI is InChI=1S/C9H23N2/c1-6-7-11(10,8(2)3)9(4)5/h8-9H,6-7,10H2,1-5H3/q+1. The van der Waals surface area contributed by atoms with Crippen LogP contribution in [0.25, 0.3) is 0 Å². The molecule has 0 aliphatic rings. The lowest BCUT2D eigenvalue weighted by Gasteiger charge is -2.40. The zero-order chi connectivity index (χ0) is 9.07. The number of hydrogen-bond acceptors (Lipinski definition) is 1. The van der Waals surface area contributed by atoms with Crippen molar-refractivity contribution in [1.29, 1.82) is 0 Å². The third-order valence-electron chi connectivity index (χ3n) is 2.53. The van der Waals surface area contributed by atoms with E-state index in [1.54, 1.807) is 0 Å². The second-order valence-electron chi connectivity index (χ2n) is 3.91. The first kappa shape index (κ1) is 10.9. The molecule has 0 aliphatic heterocycles. The van der Waals surface area contributed by atoms with Crippen molar-refractivity contribution in [2.45, 2.75) is 53.1 Å². The van der Waals surface area contributed by atoms with Crippen molar-refractivity contribution in [2.24, 2.45) is 5.84 Å². The molecule has 11 heavy (non-hydrogen) atoms. The van der Waals surface area contributed by atoms with E-state index in [4.69, 9.17) is 5.84 Å². The molecule has 0 saturated carbocycles. The van der Waals surface area contributed by atoms with E-state index in [-0.39, 0.29) is 0 Å². The van der Waals surface area contributed by atoms with Crippen LogP contribution in [0.4, 0.5) is 0 Å². The van der Waals surface area contributed by atoms with E-state index < -0.39 is 0 Å². The summed E-state index contributed by atoms with van der Waals surface area (Å²) in [4.78, 5) is 0. The van der Waals surface area contributed by atoms with Gasteiger partial charge in [-0.3, -0.25) is 0 Å². The third kappa shape index (κ3) is 2.46. The second kappa shape index (κ2) is 4.07. The number of hydrogen-bond donors (Lipinski definition) is 1. The number of nitrogens with zero attached hydrogens (tertiary/aromatic N) is 1. The molecule has 2 nitrogen and oxygen atoms in total. The first-order chi connectivity index (χ1) is 4.95. The Hall–Kier alpha value is -0.0800. The van der Waals surface area contributed by atoms with E-state index in [0.29, 0.717) is 16.7 Å². The topological polar surface area (TPSA) is 26.0 Å². The minimum atomic E-state index is 0.523. The van der Waals surface area contributed by atoms with Gasteiger partial charge in [0.05, 0.1) is 6.54 Å². The lowest BCUT2D eigenvalue weighted by atomic mass is 10.2. The Balaban J connectivity index is 4.26. The van der Waals surface area contributed by atoms with Crippen LogP contribution >= 0.6 is 0 Å². The van der Waals surface area contributed by atoms with Crippen molar-refractivity contribution in [3.8, 4) is 0 Å². The SMILES string of the molecule is CCC[N+](N)(C(C)C)C(C)C. The molecule has 0 radical (unpaired) electrons. The summed E-state index contributed by atoms with van der Waals surface area (Å²) >= 11 is 0. The highest BCUT2D eigenvalue weighted by Gasteiger charge is 2.29. The van der Waals surface area contributed by atoms with Crippen LogP contribution in [0.3, 0.4) is 0 Å². The molecule has 0 unspecified atom stereocenters. The lowest BCUT2D eigenvalue weighted by Crippen LogP contribution is -2.63. The smallest absolute Gasteiger partial charge is 0.101 e. The average molecular weight is 159 g/mol. The summed E-state index contributed by atoms with van der Waals surface area (Å²) in [5.74, 6) is 6.23. The maximum absolute atomic E-state index is 6.23. The Labute approximate surface area is 70.9 Å². The van der Waals surface area contributed by atoms with Crippen LogP contribution in [-0.2, 0) is 0 Å². The van der Waals surface area contributed by atoms with Gasteiger partial charge in [-0.25, -0.2) is 4.59 Å². The molecule has 0 aromatic heterocycles. The molecule has 0 spiro atoms. The molecule has 0 atom stereocenters. The molecule has 0 saturated heterocycles. The van der Waals surface area contributed by atoms with E-state index >= 15 is 0 Å². The molecule has 0 aliphatic carbocycles. The lowest BCUT2D eigenvalue weighted by molar-refractivity contribution is -0.978. The maximum Gasteiger partial charge on any atom is 0.101 e. The third-order valence-corrected chi connectivity index (χ3v) is 2.53. The van der Waals surface area contributed by atoms with Crippen LogP contribution in [0.2, 0.25) is 0 Å². The van der Waals surface area contributed by atoms with Gasteiger partial charge in [0.1, 0.15) is 12.1 Å². The zero-order valence-electron chi connectivity index (χ0n) is 8.59. The van der Waals surface area contributed by atoms with Crippen molar-refractivity contribution < 1.29 is 4.59 Å². The minimum Gasteiger partial charge on any atom is -0.244 e. The van der Waals surface area contributed by atoms with Crippen LogP contribution in [0.1, 0.15) is 41.0 Å². The van der Waals surface area contributed by atoms with Crippen LogP contribution < -0.4 is 5.84 Å². The Morgan fingerprint density at radius 1 is 1.09 bits per heavy atom. The van der Waals surface area contributed by atoms with E-state index in [2.05, 4.69) is 34.6 Å². The van der Waals surface area contributed by atoms with Crippen molar-refractivity contribution in [1.82, 2.24) is 0 Å². The minimum absolute atomic E-state index is 0.523. The second-order valence-corrected chi connectivity index (χ2v) is 3.91. The Morgan fingerprint density at radius 3 is 1.55 bits per heavy atom. The molecular formula is C9H23N2+. The summed E-state index contributed by atoms with van der Waals surface area (Å²) in [5.41, 5.74) is 0. The fourth-order valence-electron chi connectivity index (χ4n) is 1.50. The van der Waals surface area contributed by atoms with Gasteiger partial charge in [0.25, 0.3) is 0 Å². The van der Waals surface area contributed by atoms with Gasteiger partial charge in [0.15, 0.2) is 0 Å². The van der Waals surface area contributed by atoms with Crippen molar-refractivity contribution in [2.75, 3.05) is 6.54 Å². The molecule has 0 fully saturated rings. The maximum atomic E-state index is 6.23. The van der Waals surface area contributed by atoms with Crippen LogP contribution in [0.5, 0.6) is 0 Å². The average Bonchev–Trinajstić information content (AvgIpc) is 1.87. The van der Waals surface area contributed by atoms with Gasteiger partial charge in [-0.05, 0) is 34.1 Å². The van der Waals surface area contributed by atoms with Gasteiger partial charge >= 0.3 is 0 Å². The quantitative estimate of drug-likeness (QED) is 0.378. The molecular weight excluding hydrogens is 136 g/mol. The number of quaternary nitrogens is 1. The van der Waals surface area contributed by atoms with Crippen molar-refractivity contribution >= 4 is 0 Å². The molecule has 0 aromatic rings. The first-order valence-electron chi connectivity index (χ1n) is 4.61. The van der Waals surface area contributed by atoms with E-state index in [9.17, 15) is 0 Å². The van der Waals surface area contributed by atoms with Gasteiger partial charge in [0.2, 0.25) is 0 Å². The number of nitrogens with two attached hydrogens (primary N) is 1. The number of rotatable bonds is 4. The summed E-state index contributed by atoms with van der Waals surface area (Å²) in [6.07, 6.45) is 1.16. The summed E-state index contributed by atoms with van der Waals surface area (Å²) in [5, 5.41) is 0. The summed E-state index contributed by atoms with van der Waals surface area (Å²) in [7, 11) is 0. The molecule has 68 valence electrons. The largest absolute Gasteiger partial charge is 0.244 e. The zero-order valence-corrected chi connectivity index (χ0v) is 8.59. The van der Waals surface area contributed by atoms with E-state index in [1.807, 2.05) is 0 Å². The van der Waals surface area contributed by atoms with Gasteiger partial charge in [0, 0.05) is 0 Å². The monoisotopic (exact) mass is 159 g/mol. The van der Waals surface area contributed by atoms with E-state index in [0.717, 1.165) is 13.0 Å². The van der Waals surface area contributed by atoms with Gasteiger partial charge < -0.3 is 0 Å². The Morgan fingerprint density at radius 2 is 1.45 bits per heavy atom. The normalized spacial score (nSPS) is 13.1. The highest BCUT2D eigenvalue weighted by molar-refractivity contribution is 4.47. The molecule has 0 bridgehead atoms. The predicted molar refractivity (Wildman–Crippen MR) is 49.9 cm³/mol. The Kier molecular flexibility index (Phi) is 4.04. The Bertz CT molecular complexity index is 100. The van der Waals surface area contributed by atoms with Gasteiger partial charge in [-0.1, -0.05) is 6.92 Å². The molecule has 2 N–H and O–H groups in total.